The van der Waals surface area contributed by atoms with Crippen molar-refractivity contribution in [2.24, 2.45) is 11.7 Å². The molecule has 1 aliphatic heterocycles. The Morgan fingerprint density at radius 1 is 1.58 bits per heavy atom. The first-order valence-corrected chi connectivity index (χ1v) is 5.16. The second kappa shape index (κ2) is 4.83. The van der Waals surface area contributed by atoms with Crippen LogP contribution in [0.3, 0.4) is 0 Å². The van der Waals surface area contributed by atoms with Crippen molar-refractivity contribution in [2.45, 2.75) is 39.2 Å². The van der Waals surface area contributed by atoms with Crippen molar-refractivity contribution in [3.8, 4) is 0 Å². The van der Waals surface area contributed by atoms with Gasteiger partial charge >= 0.3 is 0 Å². The SMILES string of the molecule is C[C@H]1CCCN(CC[C@H](C)N)C1. The zero-order chi connectivity index (χ0) is 8.97. The van der Waals surface area contributed by atoms with Gasteiger partial charge in [0.05, 0.1) is 0 Å². The zero-order valence-electron chi connectivity index (χ0n) is 8.42. The molecule has 1 rings (SSSR count). The minimum Gasteiger partial charge on any atom is -0.328 e. The van der Waals surface area contributed by atoms with Crippen molar-refractivity contribution >= 4 is 0 Å². The molecule has 0 aromatic heterocycles. The Hall–Kier alpha value is -0.0800. The average molecular weight is 170 g/mol. The summed E-state index contributed by atoms with van der Waals surface area (Å²) in [6, 6.07) is 0.363. The van der Waals surface area contributed by atoms with Gasteiger partial charge < -0.3 is 10.6 Å². The van der Waals surface area contributed by atoms with Crippen molar-refractivity contribution in [1.29, 1.82) is 0 Å². The first kappa shape index (κ1) is 10.0. The number of piperidine rings is 1. The second-order valence-corrected chi connectivity index (χ2v) is 4.31. The third kappa shape index (κ3) is 3.55. The van der Waals surface area contributed by atoms with E-state index in [-0.39, 0.29) is 0 Å². The molecule has 0 aromatic carbocycles. The molecule has 2 nitrogen and oxygen atoms in total. The highest BCUT2D eigenvalue weighted by atomic mass is 15.1. The lowest BCUT2D eigenvalue weighted by molar-refractivity contribution is 0.179. The lowest BCUT2D eigenvalue weighted by Gasteiger charge is -2.31. The minimum atomic E-state index is 0.363. The predicted octanol–water partition coefficient (Wildman–Crippen LogP) is 1.46. The molecular weight excluding hydrogens is 148 g/mol. The van der Waals surface area contributed by atoms with E-state index in [9.17, 15) is 0 Å². The third-order valence-corrected chi connectivity index (χ3v) is 2.64. The van der Waals surface area contributed by atoms with Crippen LogP contribution in [0.2, 0.25) is 0 Å². The Balaban J connectivity index is 2.14. The normalized spacial score (nSPS) is 28.8. The van der Waals surface area contributed by atoms with Crippen molar-refractivity contribution in [3.63, 3.8) is 0 Å². The monoisotopic (exact) mass is 170 g/mol. The summed E-state index contributed by atoms with van der Waals surface area (Å²) in [5, 5.41) is 0. The molecular formula is C10H22N2. The maximum absolute atomic E-state index is 5.72. The van der Waals surface area contributed by atoms with Gasteiger partial charge in [-0.15, -0.1) is 0 Å². The Labute approximate surface area is 76.1 Å². The Kier molecular flexibility index (Phi) is 4.02. The molecule has 0 aromatic rings. The van der Waals surface area contributed by atoms with Crippen LogP contribution in [0.15, 0.2) is 0 Å². The van der Waals surface area contributed by atoms with Crippen LogP contribution in [-0.2, 0) is 0 Å². The van der Waals surface area contributed by atoms with Crippen LogP contribution in [-0.4, -0.2) is 30.6 Å². The minimum absolute atomic E-state index is 0.363. The number of nitrogens with two attached hydrogens (primary N) is 1. The molecule has 0 radical (unpaired) electrons. The van der Waals surface area contributed by atoms with Crippen molar-refractivity contribution in [3.05, 3.63) is 0 Å². The molecule has 1 fully saturated rings. The number of rotatable bonds is 3. The van der Waals surface area contributed by atoms with E-state index in [1.165, 1.54) is 32.5 Å². The van der Waals surface area contributed by atoms with Crippen LogP contribution in [0.4, 0.5) is 0 Å². The molecule has 0 amide bonds. The van der Waals surface area contributed by atoms with E-state index in [0.29, 0.717) is 6.04 Å². The molecule has 2 heteroatoms. The topological polar surface area (TPSA) is 29.3 Å². The van der Waals surface area contributed by atoms with Gasteiger partial charge in [0, 0.05) is 12.6 Å². The molecule has 2 N–H and O–H groups in total. The standard InChI is InChI=1S/C10H22N2/c1-9-4-3-6-12(8-9)7-5-10(2)11/h9-10H,3-8,11H2,1-2H3/t9-,10-/m0/s1. The molecule has 0 spiro atoms. The zero-order valence-corrected chi connectivity index (χ0v) is 8.42. The van der Waals surface area contributed by atoms with E-state index < -0.39 is 0 Å². The van der Waals surface area contributed by atoms with E-state index in [4.69, 9.17) is 5.73 Å². The fourth-order valence-corrected chi connectivity index (χ4v) is 1.88. The van der Waals surface area contributed by atoms with Gasteiger partial charge in [-0.2, -0.15) is 0 Å². The van der Waals surface area contributed by atoms with E-state index in [0.717, 1.165) is 12.3 Å². The smallest absolute Gasteiger partial charge is 0.00226 e. The van der Waals surface area contributed by atoms with E-state index in [1.54, 1.807) is 0 Å². The Morgan fingerprint density at radius 3 is 2.92 bits per heavy atom. The maximum Gasteiger partial charge on any atom is 0.00226 e. The summed E-state index contributed by atoms with van der Waals surface area (Å²) >= 11 is 0. The largest absolute Gasteiger partial charge is 0.328 e. The van der Waals surface area contributed by atoms with Gasteiger partial charge in [0.2, 0.25) is 0 Å². The molecule has 0 unspecified atom stereocenters. The number of hydrogen-bond acceptors (Lipinski definition) is 2. The molecule has 2 atom stereocenters. The summed E-state index contributed by atoms with van der Waals surface area (Å²) in [5.41, 5.74) is 5.72. The van der Waals surface area contributed by atoms with Gasteiger partial charge in [-0.25, -0.2) is 0 Å². The van der Waals surface area contributed by atoms with Crippen LogP contribution >= 0.6 is 0 Å². The summed E-state index contributed by atoms with van der Waals surface area (Å²) in [7, 11) is 0. The molecule has 0 saturated carbocycles. The molecule has 72 valence electrons. The van der Waals surface area contributed by atoms with Crippen molar-refractivity contribution in [2.75, 3.05) is 19.6 Å². The molecule has 1 heterocycles. The van der Waals surface area contributed by atoms with Gasteiger partial charge in [0.25, 0.3) is 0 Å². The van der Waals surface area contributed by atoms with Crippen LogP contribution in [0.1, 0.15) is 33.1 Å². The van der Waals surface area contributed by atoms with Gasteiger partial charge in [-0.3, -0.25) is 0 Å². The van der Waals surface area contributed by atoms with Crippen LogP contribution in [0, 0.1) is 5.92 Å². The molecule has 1 saturated heterocycles. The Morgan fingerprint density at radius 2 is 2.33 bits per heavy atom. The van der Waals surface area contributed by atoms with Crippen molar-refractivity contribution < 1.29 is 0 Å². The first-order valence-electron chi connectivity index (χ1n) is 5.16. The highest BCUT2D eigenvalue weighted by molar-refractivity contribution is 4.70. The lowest BCUT2D eigenvalue weighted by Crippen LogP contribution is -2.36. The summed E-state index contributed by atoms with van der Waals surface area (Å²) in [6.07, 6.45) is 3.93. The second-order valence-electron chi connectivity index (χ2n) is 4.31. The van der Waals surface area contributed by atoms with E-state index in [2.05, 4.69) is 18.7 Å². The third-order valence-electron chi connectivity index (χ3n) is 2.64. The molecule has 0 aliphatic carbocycles. The summed E-state index contributed by atoms with van der Waals surface area (Å²) in [6.45, 7) is 8.21. The van der Waals surface area contributed by atoms with E-state index >= 15 is 0 Å². The van der Waals surface area contributed by atoms with E-state index in [1.807, 2.05) is 0 Å². The highest BCUT2D eigenvalue weighted by Crippen LogP contribution is 2.15. The predicted molar refractivity (Wildman–Crippen MR) is 53.1 cm³/mol. The molecule has 12 heavy (non-hydrogen) atoms. The van der Waals surface area contributed by atoms with Gasteiger partial charge in [-0.05, 0) is 45.2 Å². The fourth-order valence-electron chi connectivity index (χ4n) is 1.88. The summed E-state index contributed by atoms with van der Waals surface area (Å²) in [4.78, 5) is 2.55. The molecule has 0 bridgehead atoms. The van der Waals surface area contributed by atoms with Gasteiger partial charge in [0.15, 0.2) is 0 Å². The van der Waals surface area contributed by atoms with Gasteiger partial charge in [-0.1, -0.05) is 6.92 Å². The fraction of sp³-hybridized carbons (Fsp3) is 1.00. The number of likely N-dealkylation sites (tertiary alicyclic amines) is 1. The Bertz CT molecular complexity index is 123. The maximum atomic E-state index is 5.72. The number of hydrogen-bond donors (Lipinski definition) is 1. The lowest BCUT2D eigenvalue weighted by atomic mass is 10.00. The highest BCUT2D eigenvalue weighted by Gasteiger charge is 2.15. The summed E-state index contributed by atoms with van der Waals surface area (Å²) < 4.78 is 0. The van der Waals surface area contributed by atoms with Gasteiger partial charge in [0.1, 0.15) is 0 Å². The summed E-state index contributed by atoms with van der Waals surface area (Å²) in [5.74, 6) is 0.895. The average Bonchev–Trinajstić information content (AvgIpc) is 2.01. The quantitative estimate of drug-likeness (QED) is 0.694. The van der Waals surface area contributed by atoms with Crippen LogP contribution in [0.25, 0.3) is 0 Å². The van der Waals surface area contributed by atoms with Crippen molar-refractivity contribution in [1.82, 2.24) is 4.90 Å². The number of nitrogens with zero attached hydrogens (tertiary/aromatic N) is 1. The van der Waals surface area contributed by atoms with Crippen LogP contribution in [0.5, 0.6) is 0 Å². The van der Waals surface area contributed by atoms with Crippen LogP contribution < -0.4 is 5.73 Å². The first-order chi connectivity index (χ1) is 5.68. The molecule has 1 aliphatic rings.